The molecule has 3 atom stereocenters. The number of fused-ring (bicyclic) bond motifs is 1. The third-order valence-electron chi connectivity index (χ3n) is 3.37. The predicted octanol–water partition coefficient (Wildman–Crippen LogP) is 1.18. The average Bonchev–Trinajstić information content (AvgIpc) is 2.95. The Labute approximate surface area is 106 Å². The second kappa shape index (κ2) is 4.16. The molecule has 3 rings (SSSR count). The lowest BCUT2D eigenvalue weighted by Crippen LogP contribution is -2.38. The topological polar surface area (TPSA) is 66.9 Å². The number of carbonyl (C=O) groups excluding carboxylic acids is 1. The van der Waals surface area contributed by atoms with Gasteiger partial charge in [0, 0.05) is 6.04 Å². The highest BCUT2D eigenvalue weighted by Gasteiger charge is 2.47. The van der Waals surface area contributed by atoms with Crippen molar-refractivity contribution >= 4 is 11.7 Å². The Morgan fingerprint density at radius 3 is 2.79 bits per heavy atom. The summed E-state index contributed by atoms with van der Waals surface area (Å²) in [6, 6.07) is 0.0448. The monoisotopic (exact) mass is 272 g/mol. The maximum Gasteiger partial charge on any atom is 0.434 e. The maximum absolute atomic E-state index is 12.4. The van der Waals surface area contributed by atoms with Crippen LogP contribution in [0.2, 0.25) is 0 Å². The van der Waals surface area contributed by atoms with Crippen LogP contribution in [0.3, 0.4) is 0 Å². The predicted molar refractivity (Wildman–Crippen MR) is 59.1 cm³/mol. The second-order valence-electron chi connectivity index (χ2n) is 4.83. The van der Waals surface area contributed by atoms with Crippen LogP contribution in [0.15, 0.2) is 12.4 Å². The smallest absolute Gasteiger partial charge is 0.308 e. The molecule has 0 bridgehead atoms. The van der Waals surface area contributed by atoms with Gasteiger partial charge in [-0.3, -0.25) is 9.78 Å². The number of piperidine rings is 1. The molecule has 1 aromatic heterocycles. The Hall–Kier alpha value is -1.70. The third kappa shape index (κ3) is 2.53. The van der Waals surface area contributed by atoms with Gasteiger partial charge in [-0.05, 0) is 18.8 Å². The summed E-state index contributed by atoms with van der Waals surface area (Å²) in [5, 5.41) is 5.47. The van der Waals surface area contributed by atoms with Crippen molar-refractivity contribution in [1.82, 2.24) is 15.3 Å². The molecule has 0 aromatic carbocycles. The number of carbonyl (C=O) groups is 1. The molecule has 0 spiro atoms. The van der Waals surface area contributed by atoms with E-state index in [-0.39, 0.29) is 17.8 Å². The first-order chi connectivity index (χ1) is 8.93. The number of rotatable bonds is 2. The van der Waals surface area contributed by atoms with E-state index in [0.29, 0.717) is 18.2 Å². The zero-order chi connectivity index (χ0) is 13.6. The normalized spacial score (nSPS) is 28.9. The van der Waals surface area contributed by atoms with Crippen LogP contribution in [0.1, 0.15) is 18.5 Å². The lowest BCUT2D eigenvalue weighted by molar-refractivity contribution is -0.141. The Morgan fingerprint density at radius 2 is 2.16 bits per heavy atom. The highest BCUT2D eigenvalue weighted by Crippen LogP contribution is 2.40. The standard InChI is InChI=1S/C11H11F3N4O/c12-11(13,14)8-3-15-4-9(17-8)18-10(19)7-2-5-1-6(5)16-7/h3-7,16H,1-2H2,(H,17,18,19)/t5-,6-,7+/m1/s1. The van der Waals surface area contributed by atoms with Crippen LogP contribution in [0.25, 0.3) is 0 Å². The van der Waals surface area contributed by atoms with Gasteiger partial charge < -0.3 is 10.6 Å². The quantitative estimate of drug-likeness (QED) is 0.848. The molecule has 2 N–H and O–H groups in total. The van der Waals surface area contributed by atoms with Crippen LogP contribution in [0.4, 0.5) is 19.0 Å². The Morgan fingerprint density at radius 1 is 1.37 bits per heavy atom. The van der Waals surface area contributed by atoms with E-state index in [2.05, 4.69) is 20.6 Å². The number of nitrogens with one attached hydrogen (secondary N) is 2. The molecular weight excluding hydrogens is 261 g/mol. The highest BCUT2D eigenvalue weighted by atomic mass is 19.4. The summed E-state index contributed by atoms with van der Waals surface area (Å²) in [6.07, 6.45) is -1.04. The van der Waals surface area contributed by atoms with Crippen LogP contribution >= 0.6 is 0 Å². The van der Waals surface area contributed by atoms with Crippen LogP contribution in [-0.2, 0) is 11.0 Å². The van der Waals surface area contributed by atoms with Gasteiger partial charge in [0.2, 0.25) is 5.91 Å². The fraction of sp³-hybridized carbons (Fsp3) is 0.545. The maximum atomic E-state index is 12.4. The van der Waals surface area contributed by atoms with Gasteiger partial charge in [-0.2, -0.15) is 13.2 Å². The van der Waals surface area contributed by atoms with E-state index in [0.717, 1.165) is 19.0 Å². The van der Waals surface area contributed by atoms with Gasteiger partial charge in [0.1, 0.15) is 0 Å². The zero-order valence-electron chi connectivity index (χ0n) is 9.74. The summed E-state index contributed by atoms with van der Waals surface area (Å²) in [7, 11) is 0. The molecule has 1 amide bonds. The first kappa shape index (κ1) is 12.3. The number of aromatic nitrogens is 2. The van der Waals surface area contributed by atoms with Crippen LogP contribution in [0.5, 0.6) is 0 Å². The van der Waals surface area contributed by atoms with Gasteiger partial charge >= 0.3 is 6.18 Å². The van der Waals surface area contributed by atoms with E-state index in [9.17, 15) is 18.0 Å². The summed E-state index contributed by atoms with van der Waals surface area (Å²) in [6.45, 7) is 0. The fourth-order valence-electron chi connectivity index (χ4n) is 2.30. The van der Waals surface area contributed by atoms with Gasteiger partial charge in [-0.15, -0.1) is 0 Å². The van der Waals surface area contributed by atoms with Crippen molar-refractivity contribution in [3.8, 4) is 0 Å². The van der Waals surface area contributed by atoms with Crippen molar-refractivity contribution in [1.29, 1.82) is 0 Å². The number of amides is 1. The first-order valence-corrected chi connectivity index (χ1v) is 5.89. The zero-order valence-corrected chi connectivity index (χ0v) is 9.74. The molecule has 0 radical (unpaired) electrons. The van der Waals surface area contributed by atoms with E-state index < -0.39 is 11.9 Å². The number of nitrogens with zero attached hydrogens (tertiary/aromatic N) is 2. The van der Waals surface area contributed by atoms with Crippen LogP contribution < -0.4 is 10.6 Å². The number of anilines is 1. The van der Waals surface area contributed by atoms with Crippen molar-refractivity contribution in [2.24, 2.45) is 5.92 Å². The fourth-order valence-corrected chi connectivity index (χ4v) is 2.30. The third-order valence-corrected chi connectivity index (χ3v) is 3.37. The highest BCUT2D eigenvalue weighted by molar-refractivity contribution is 5.94. The Kier molecular flexibility index (Phi) is 2.70. The molecule has 0 unspecified atom stereocenters. The molecule has 1 aliphatic carbocycles. The van der Waals surface area contributed by atoms with Crippen LogP contribution in [0, 0.1) is 5.92 Å². The van der Waals surface area contributed by atoms with Crippen molar-refractivity contribution in [3.63, 3.8) is 0 Å². The van der Waals surface area contributed by atoms with E-state index in [1.165, 1.54) is 0 Å². The molecule has 2 fully saturated rings. The molecule has 1 saturated heterocycles. The van der Waals surface area contributed by atoms with Gasteiger partial charge in [-0.1, -0.05) is 0 Å². The Balaban J connectivity index is 1.67. The molecule has 5 nitrogen and oxygen atoms in total. The number of alkyl halides is 3. The van der Waals surface area contributed by atoms with E-state index in [1.54, 1.807) is 0 Å². The molecule has 1 saturated carbocycles. The molecule has 2 heterocycles. The summed E-state index contributed by atoms with van der Waals surface area (Å²) >= 11 is 0. The van der Waals surface area contributed by atoms with Crippen molar-refractivity contribution in [3.05, 3.63) is 18.1 Å². The summed E-state index contributed by atoms with van der Waals surface area (Å²) < 4.78 is 37.3. The molecular formula is C11H11F3N4O. The minimum Gasteiger partial charge on any atom is -0.308 e. The van der Waals surface area contributed by atoms with Gasteiger partial charge in [0.25, 0.3) is 0 Å². The number of hydrogen-bond acceptors (Lipinski definition) is 4. The minimum absolute atomic E-state index is 0.179. The van der Waals surface area contributed by atoms with Gasteiger partial charge in [0.15, 0.2) is 11.5 Å². The lowest BCUT2D eigenvalue weighted by Gasteiger charge is -2.13. The SMILES string of the molecule is O=C(Nc1cncc(C(F)(F)F)n1)[C@@H]1C[C@H]2C[C@H]2N1. The van der Waals surface area contributed by atoms with E-state index >= 15 is 0 Å². The average molecular weight is 272 g/mol. The van der Waals surface area contributed by atoms with Gasteiger partial charge in [0.05, 0.1) is 18.4 Å². The van der Waals surface area contributed by atoms with Gasteiger partial charge in [-0.25, -0.2) is 4.98 Å². The van der Waals surface area contributed by atoms with E-state index in [1.807, 2.05) is 0 Å². The molecule has 1 aliphatic heterocycles. The molecule has 19 heavy (non-hydrogen) atoms. The molecule has 102 valence electrons. The molecule has 8 heteroatoms. The van der Waals surface area contributed by atoms with Crippen molar-refractivity contribution in [2.45, 2.75) is 31.1 Å². The first-order valence-electron chi connectivity index (χ1n) is 5.89. The summed E-state index contributed by atoms with van der Waals surface area (Å²) in [4.78, 5) is 18.6. The second-order valence-corrected chi connectivity index (χ2v) is 4.83. The van der Waals surface area contributed by atoms with E-state index in [4.69, 9.17) is 0 Å². The summed E-state index contributed by atoms with van der Waals surface area (Å²) in [5.74, 6) is -0.00799. The number of hydrogen-bond donors (Lipinski definition) is 2. The van der Waals surface area contributed by atoms with Crippen LogP contribution in [-0.4, -0.2) is 28.0 Å². The minimum atomic E-state index is -4.57. The number of halogens is 3. The molecule has 1 aromatic rings. The Bertz CT molecular complexity index is 509. The largest absolute Gasteiger partial charge is 0.434 e. The summed E-state index contributed by atoms with van der Waals surface area (Å²) in [5.41, 5.74) is -1.12. The van der Waals surface area contributed by atoms with Crippen molar-refractivity contribution < 1.29 is 18.0 Å². The lowest BCUT2D eigenvalue weighted by atomic mass is 10.2. The molecule has 2 aliphatic rings. The van der Waals surface area contributed by atoms with Crippen molar-refractivity contribution in [2.75, 3.05) is 5.32 Å².